The second-order valence-electron chi connectivity index (χ2n) is 8.23. The summed E-state index contributed by atoms with van der Waals surface area (Å²) >= 11 is 0. The Morgan fingerprint density at radius 2 is 1.67 bits per heavy atom. The Morgan fingerprint density at radius 3 is 2.20 bits per heavy atom. The molecule has 1 atom stereocenters. The molecular formula is C23H28N4O3. The predicted molar refractivity (Wildman–Crippen MR) is 115 cm³/mol. The number of benzene rings is 1. The number of aryl methyl sites for hydroxylation is 1. The average Bonchev–Trinajstić information content (AvgIpc) is 3.26. The summed E-state index contributed by atoms with van der Waals surface area (Å²) in [6, 6.07) is 11.1. The fourth-order valence-electron chi connectivity index (χ4n) is 3.53. The van der Waals surface area contributed by atoms with Gasteiger partial charge in [0.2, 0.25) is 0 Å². The second-order valence-corrected chi connectivity index (χ2v) is 8.23. The summed E-state index contributed by atoms with van der Waals surface area (Å²) < 4.78 is 1.58. The molecule has 0 saturated heterocycles. The van der Waals surface area contributed by atoms with Gasteiger partial charge in [-0.05, 0) is 56.5 Å². The lowest BCUT2D eigenvalue weighted by Gasteiger charge is -2.39. The number of Topliss-reactive ketones (excluding diaryl/α,β-unsaturated/α-hetero) is 1. The van der Waals surface area contributed by atoms with Crippen LogP contribution in [0.1, 0.15) is 40.5 Å². The number of aliphatic hydroxyl groups is 1. The number of hydrogen-bond acceptors (Lipinski definition) is 5. The van der Waals surface area contributed by atoms with Crippen LogP contribution >= 0.6 is 0 Å². The molecule has 1 aromatic carbocycles. The molecule has 0 aliphatic rings. The van der Waals surface area contributed by atoms with Crippen LogP contribution in [0.2, 0.25) is 0 Å². The van der Waals surface area contributed by atoms with Gasteiger partial charge in [0, 0.05) is 25.2 Å². The molecule has 0 aliphatic carbocycles. The zero-order chi connectivity index (χ0) is 21.9. The number of pyridine rings is 1. The van der Waals surface area contributed by atoms with Crippen LogP contribution in [-0.2, 0) is 11.3 Å². The lowest BCUT2D eigenvalue weighted by atomic mass is 9.69. The van der Waals surface area contributed by atoms with E-state index in [9.17, 15) is 14.7 Å². The van der Waals surface area contributed by atoms with Gasteiger partial charge in [-0.1, -0.05) is 19.1 Å². The van der Waals surface area contributed by atoms with Gasteiger partial charge in [0.1, 0.15) is 5.78 Å². The molecule has 3 rings (SSSR count). The Bertz CT molecular complexity index is 1060. The number of nitrogens with zero attached hydrogens (tertiary/aromatic N) is 4. The van der Waals surface area contributed by atoms with Gasteiger partial charge >= 0.3 is 0 Å². The van der Waals surface area contributed by atoms with Crippen molar-refractivity contribution in [2.45, 2.75) is 52.7 Å². The van der Waals surface area contributed by atoms with Crippen LogP contribution in [0.4, 0.5) is 0 Å². The summed E-state index contributed by atoms with van der Waals surface area (Å²) in [5.74, 6) is -0.00793. The van der Waals surface area contributed by atoms with E-state index in [1.54, 1.807) is 56.9 Å². The molecule has 3 aromatic rings. The lowest BCUT2D eigenvalue weighted by Crippen LogP contribution is -2.48. The van der Waals surface area contributed by atoms with Gasteiger partial charge in [0.15, 0.2) is 0 Å². The predicted octanol–water partition coefficient (Wildman–Crippen LogP) is 3.24. The van der Waals surface area contributed by atoms with E-state index in [0.29, 0.717) is 19.4 Å². The first-order valence-electron chi connectivity index (χ1n) is 10.1. The lowest BCUT2D eigenvalue weighted by molar-refractivity contribution is -0.143. The number of carbonyl (C=O) groups excluding carboxylic acids is 1. The molecule has 1 unspecified atom stereocenters. The van der Waals surface area contributed by atoms with Crippen molar-refractivity contribution < 1.29 is 9.90 Å². The highest BCUT2D eigenvalue weighted by Gasteiger charge is 2.44. The Labute approximate surface area is 176 Å². The van der Waals surface area contributed by atoms with Gasteiger partial charge in [-0.15, -0.1) is 0 Å². The third-order valence-corrected chi connectivity index (χ3v) is 5.99. The van der Waals surface area contributed by atoms with Crippen molar-refractivity contribution >= 4 is 5.78 Å². The Morgan fingerprint density at radius 1 is 1.03 bits per heavy atom. The maximum absolute atomic E-state index is 12.7. The second kappa shape index (κ2) is 8.36. The molecule has 0 bridgehead atoms. The fraction of sp³-hybridized carbons (Fsp3) is 0.391. The summed E-state index contributed by atoms with van der Waals surface area (Å²) in [6.07, 6.45) is 5.70. The maximum Gasteiger partial charge on any atom is 0.251 e. The van der Waals surface area contributed by atoms with E-state index in [2.05, 4.69) is 10.2 Å². The highest BCUT2D eigenvalue weighted by Crippen LogP contribution is 2.37. The van der Waals surface area contributed by atoms with Crippen molar-refractivity contribution in [3.05, 3.63) is 65.3 Å². The van der Waals surface area contributed by atoms with Crippen molar-refractivity contribution in [1.29, 1.82) is 0 Å². The number of aromatic nitrogens is 4. The Balaban J connectivity index is 1.78. The van der Waals surface area contributed by atoms with E-state index in [0.717, 1.165) is 16.8 Å². The largest absolute Gasteiger partial charge is 0.389 e. The minimum Gasteiger partial charge on any atom is -0.389 e. The van der Waals surface area contributed by atoms with E-state index < -0.39 is 11.0 Å². The number of ketones is 1. The highest BCUT2D eigenvalue weighted by molar-refractivity contribution is 5.85. The maximum atomic E-state index is 12.7. The molecule has 0 fully saturated rings. The summed E-state index contributed by atoms with van der Waals surface area (Å²) in [5.41, 5.74) is 0.324. The van der Waals surface area contributed by atoms with Gasteiger partial charge < -0.3 is 9.67 Å². The molecule has 7 heteroatoms. The molecule has 0 radical (unpaired) electrons. The van der Waals surface area contributed by atoms with Crippen molar-refractivity contribution in [3.63, 3.8) is 0 Å². The molecule has 0 aliphatic heterocycles. The molecule has 2 heterocycles. The topological polar surface area (TPSA) is 90.0 Å². The van der Waals surface area contributed by atoms with Gasteiger partial charge in [-0.2, -0.15) is 15.0 Å². The van der Waals surface area contributed by atoms with Gasteiger partial charge in [0.05, 0.1) is 29.1 Å². The number of hydrogen-bond donors (Lipinski definition) is 1. The monoisotopic (exact) mass is 408 g/mol. The molecule has 0 saturated carbocycles. The van der Waals surface area contributed by atoms with Gasteiger partial charge in [-0.25, -0.2) is 0 Å². The molecule has 0 spiro atoms. The fourth-order valence-corrected chi connectivity index (χ4v) is 3.53. The summed E-state index contributed by atoms with van der Waals surface area (Å²) in [6.45, 7) is 7.22. The van der Waals surface area contributed by atoms with E-state index in [1.807, 2.05) is 30.3 Å². The standard InChI is InChI=1S/C23H28N4O3/c1-5-20(28)23(4,22(2,3)30)11-15-26-14-10-18(16-21(26)29)17-6-8-19(9-7-17)27-24-12-13-25-27/h6-10,12-14,16,30H,5,11,15H2,1-4H3. The Kier molecular flexibility index (Phi) is 6.03. The van der Waals surface area contributed by atoms with Crippen molar-refractivity contribution in [1.82, 2.24) is 19.6 Å². The van der Waals surface area contributed by atoms with Crippen LogP contribution in [0.25, 0.3) is 16.8 Å². The summed E-state index contributed by atoms with van der Waals surface area (Å²) in [5, 5.41) is 18.8. The third kappa shape index (κ3) is 4.26. The van der Waals surface area contributed by atoms with E-state index in [1.165, 1.54) is 4.80 Å². The van der Waals surface area contributed by atoms with Crippen molar-refractivity contribution in [2.75, 3.05) is 0 Å². The van der Waals surface area contributed by atoms with Crippen LogP contribution < -0.4 is 5.56 Å². The molecule has 30 heavy (non-hydrogen) atoms. The zero-order valence-electron chi connectivity index (χ0n) is 17.9. The van der Waals surface area contributed by atoms with E-state index >= 15 is 0 Å². The van der Waals surface area contributed by atoms with E-state index in [4.69, 9.17) is 0 Å². The molecular weight excluding hydrogens is 380 g/mol. The first kappa shape index (κ1) is 21.6. The molecule has 7 nitrogen and oxygen atoms in total. The van der Waals surface area contributed by atoms with Crippen LogP contribution in [-0.4, -0.2) is 36.1 Å². The van der Waals surface area contributed by atoms with Gasteiger partial charge in [-0.3, -0.25) is 9.59 Å². The minimum absolute atomic E-state index is 0.00793. The molecule has 0 amide bonds. The minimum atomic E-state index is -1.17. The van der Waals surface area contributed by atoms with Crippen LogP contribution in [0.15, 0.2) is 59.8 Å². The van der Waals surface area contributed by atoms with E-state index in [-0.39, 0.29) is 11.3 Å². The summed E-state index contributed by atoms with van der Waals surface area (Å²) in [7, 11) is 0. The first-order valence-corrected chi connectivity index (χ1v) is 10.1. The zero-order valence-corrected chi connectivity index (χ0v) is 17.9. The van der Waals surface area contributed by atoms with Crippen LogP contribution in [0.3, 0.4) is 0 Å². The highest BCUT2D eigenvalue weighted by atomic mass is 16.3. The summed E-state index contributed by atoms with van der Waals surface area (Å²) in [4.78, 5) is 26.7. The quantitative estimate of drug-likeness (QED) is 0.618. The average molecular weight is 409 g/mol. The smallest absolute Gasteiger partial charge is 0.251 e. The van der Waals surface area contributed by atoms with Crippen LogP contribution in [0.5, 0.6) is 0 Å². The number of carbonyl (C=O) groups is 1. The first-order chi connectivity index (χ1) is 14.2. The SMILES string of the molecule is CCC(=O)C(C)(CCn1ccc(-c2ccc(-n3nccn3)cc2)cc1=O)C(C)(C)O. The van der Waals surface area contributed by atoms with Crippen molar-refractivity contribution in [3.8, 4) is 16.8 Å². The van der Waals surface area contributed by atoms with Crippen LogP contribution in [0, 0.1) is 5.41 Å². The normalized spacial score (nSPS) is 13.8. The third-order valence-electron chi connectivity index (χ3n) is 5.99. The van der Waals surface area contributed by atoms with Gasteiger partial charge in [0.25, 0.3) is 5.56 Å². The molecule has 1 N–H and O–H groups in total. The van der Waals surface area contributed by atoms with Crippen molar-refractivity contribution in [2.24, 2.45) is 5.41 Å². The molecule has 2 aromatic heterocycles. The molecule has 158 valence electrons. The Hall–Kier alpha value is -3.06. The number of rotatable bonds is 8.